The molecule has 1 aromatic heterocycles. The van der Waals surface area contributed by atoms with Gasteiger partial charge in [-0.2, -0.15) is 0 Å². The highest BCUT2D eigenvalue weighted by Gasteiger charge is 2.53. The zero-order chi connectivity index (χ0) is 20.5. The van der Waals surface area contributed by atoms with Crippen LogP contribution in [-0.2, 0) is 19.4 Å². The third kappa shape index (κ3) is 3.46. The van der Waals surface area contributed by atoms with E-state index < -0.39 is 26.5 Å². The fourth-order valence-electron chi connectivity index (χ4n) is 3.51. The molecule has 8 heteroatoms. The first kappa shape index (κ1) is 20.5. The summed E-state index contributed by atoms with van der Waals surface area (Å²) >= 11 is 1.06. The van der Waals surface area contributed by atoms with Gasteiger partial charge in [-0.3, -0.25) is 4.79 Å². The molecule has 1 saturated carbocycles. The number of carbonyl (C=O) groups is 2. The zero-order valence-electron chi connectivity index (χ0n) is 16.1. The van der Waals surface area contributed by atoms with E-state index in [0.29, 0.717) is 22.7 Å². The number of anilines is 1. The normalized spacial score (nSPS) is 16.0. The fraction of sp³-hybridized carbons (Fsp3) is 0.400. The van der Waals surface area contributed by atoms with Gasteiger partial charge >= 0.3 is 5.97 Å². The summed E-state index contributed by atoms with van der Waals surface area (Å²) in [4.78, 5) is 25.3. The van der Waals surface area contributed by atoms with Crippen molar-refractivity contribution in [3.05, 3.63) is 46.3 Å². The van der Waals surface area contributed by atoms with Gasteiger partial charge in [0.2, 0.25) is 5.91 Å². The molecular weight excluding hydrogens is 398 g/mol. The van der Waals surface area contributed by atoms with E-state index in [1.54, 1.807) is 30.3 Å². The first-order valence-electron chi connectivity index (χ1n) is 9.03. The van der Waals surface area contributed by atoms with Gasteiger partial charge in [-0.25, -0.2) is 13.2 Å². The SMILES string of the molecule is COC(=O)c1ccc(NC(=O)C2(S(=O)(=O)c3ccc(C)c(C)c3)CCCC2)s1. The van der Waals surface area contributed by atoms with E-state index >= 15 is 0 Å². The van der Waals surface area contributed by atoms with Crippen LogP contribution in [0.15, 0.2) is 35.2 Å². The largest absolute Gasteiger partial charge is 0.465 e. The number of sulfone groups is 1. The maximum Gasteiger partial charge on any atom is 0.348 e. The van der Waals surface area contributed by atoms with Crippen molar-refractivity contribution in [3.63, 3.8) is 0 Å². The number of rotatable bonds is 5. The van der Waals surface area contributed by atoms with Gasteiger partial charge in [-0.15, -0.1) is 11.3 Å². The third-order valence-electron chi connectivity index (χ3n) is 5.36. The Hall–Kier alpha value is -2.19. The molecule has 6 nitrogen and oxygen atoms in total. The molecule has 150 valence electrons. The zero-order valence-corrected chi connectivity index (χ0v) is 17.7. The van der Waals surface area contributed by atoms with Crippen molar-refractivity contribution in [2.45, 2.75) is 49.2 Å². The van der Waals surface area contributed by atoms with Crippen molar-refractivity contribution < 1.29 is 22.7 Å². The maximum atomic E-state index is 13.5. The summed E-state index contributed by atoms with van der Waals surface area (Å²) in [5.41, 5.74) is 1.87. The quantitative estimate of drug-likeness (QED) is 0.740. The van der Waals surface area contributed by atoms with E-state index in [4.69, 9.17) is 0 Å². The van der Waals surface area contributed by atoms with Crippen LogP contribution in [0.3, 0.4) is 0 Å². The minimum Gasteiger partial charge on any atom is -0.465 e. The van der Waals surface area contributed by atoms with E-state index in [-0.39, 0.29) is 17.7 Å². The van der Waals surface area contributed by atoms with Crippen LogP contribution in [0, 0.1) is 13.8 Å². The number of nitrogens with one attached hydrogen (secondary N) is 1. The monoisotopic (exact) mass is 421 g/mol. The molecule has 0 spiro atoms. The molecule has 1 aromatic carbocycles. The van der Waals surface area contributed by atoms with Crippen molar-refractivity contribution in [3.8, 4) is 0 Å². The number of carbonyl (C=O) groups excluding carboxylic acids is 2. The molecule has 1 amide bonds. The standard InChI is InChI=1S/C20H23NO5S2/c1-13-6-7-15(12-14(13)2)28(24,25)20(10-4-5-11-20)19(23)21-17-9-8-16(27-17)18(22)26-3/h6-9,12H,4-5,10-11H2,1-3H3,(H,21,23). The first-order valence-corrected chi connectivity index (χ1v) is 11.3. The molecule has 1 N–H and O–H groups in total. The van der Waals surface area contributed by atoms with Gasteiger partial charge in [0.25, 0.3) is 0 Å². The summed E-state index contributed by atoms with van der Waals surface area (Å²) < 4.78 is 30.1. The summed E-state index contributed by atoms with van der Waals surface area (Å²) in [6, 6.07) is 8.11. The van der Waals surface area contributed by atoms with Crippen LogP contribution in [0.4, 0.5) is 5.00 Å². The van der Waals surface area contributed by atoms with Crippen molar-refractivity contribution in [1.82, 2.24) is 0 Å². The number of amides is 1. The van der Waals surface area contributed by atoms with Gasteiger partial charge in [0.05, 0.1) is 17.0 Å². The number of hydrogen-bond acceptors (Lipinski definition) is 6. The minimum atomic E-state index is -3.87. The Morgan fingerprint density at radius 1 is 1.07 bits per heavy atom. The number of benzene rings is 1. The number of thiophene rings is 1. The summed E-state index contributed by atoms with van der Waals surface area (Å²) in [5, 5.41) is 3.14. The molecule has 0 unspecified atom stereocenters. The lowest BCUT2D eigenvalue weighted by atomic mass is 10.1. The van der Waals surface area contributed by atoms with Gasteiger partial charge < -0.3 is 10.1 Å². The molecule has 0 radical (unpaired) electrons. The Labute approximate surface area is 168 Å². The Balaban J connectivity index is 1.95. The third-order valence-corrected chi connectivity index (χ3v) is 8.84. The van der Waals surface area contributed by atoms with Gasteiger partial charge in [0.15, 0.2) is 14.6 Å². The minimum absolute atomic E-state index is 0.175. The second kappa shape index (κ2) is 7.67. The van der Waals surface area contributed by atoms with Crippen molar-refractivity contribution in [2.24, 2.45) is 0 Å². The Morgan fingerprint density at radius 2 is 1.75 bits per heavy atom. The number of ether oxygens (including phenoxy) is 1. The van der Waals surface area contributed by atoms with Crippen LogP contribution in [0.1, 0.15) is 46.5 Å². The van der Waals surface area contributed by atoms with Gasteiger partial charge in [0, 0.05) is 0 Å². The highest BCUT2D eigenvalue weighted by Crippen LogP contribution is 2.42. The first-order chi connectivity index (χ1) is 13.2. The van der Waals surface area contributed by atoms with E-state index in [2.05, 4.69) is 10.1 Å². The van der Waals surface area contributed by atoms with Crippen LogP contribution < -0.4 is 5.32 Å². The number of esters is 1. The summed E-state index contributed by atoms with van der Waals surface area (Å²) in [6.45, 7) is 3.77. The lowest BCUT2D eigenvalue weighted by Gasteiger charge is -2.27. The molecule has 1 heterocycles. The topological polar surface area (TPSA) is 89.5 Å². The fourth-order valence-corrected chi connectivity index (χ4v) is 6.48. The summed E-state index contributed by atoms with van der Waals surface area (Å²) in [6.07, 6.45) is 1.91. The van der Waals surface area contributed by atoms with Gasteiger partial charge in [0.1, 0.15) is 4.88 Å². The summed E-state index contributed by atoms with van der Waals surface area (Å²) in [5.74, 6) is -1.04. The predicted molar refractivity (Wildman–Crippen MR) is 109 cm³/mol. The van der Waals surface area contributed by atoms with Crippen LogP contribution in [-0.4, -0.2) is 32.2 Å². The van der Waals surface area contributed by atoms with Crippen molar-refractivity contribution in [2.75, 3.05) is 12.4 Å². The number of hydrogen-bond donors (Lipinski definition) is 1. The van der Waals surface area contributed by atoms with Crippen LogP contribution in [0.25, 0.3) is 0 Å². The molecule has 28 heavy (non-hydrogen) atoms. The Kier molecular flexibility index (Phi) is 5.63. The molecular formula is C20H23NO5S2. The van der Waals surface area contributed by atoms with E-state index in [1.165, 1.54) is 7.11 Å². The lowest BCUT2D eigenvalue weighted by molar-refractivity contribution is -0.118. The Bertz CT molecular complexity index is 1020. The molecule has 0 aliphatic heterocycles. The average molecular weight is 422 g/mol. The summed E-state index contributed by atoms with van der Waals surface area (Å²) in [7, 11) is -2.59. The molecule has 0 atom stereocenters. The van der Waals surface area contributed by atoms with Crippen molar-refractivity contribution in [1.29, 1.82) is 0 Å². The second-order valence-corrected chi connectivity index (χ2v) is 10.4. The van der Waals surface area contributed by atoms with E-state index in [0.717, 1.165) is 22.5 Å². The average Bonchev–Trinajstić information content (AvgIpc) is 3.33. The predicted octanol–water partition coefficient (Wildman–Crippen LogP) is 3.88. The molecule has 1 aliphatic carbocycles. The van der Waals surface area contributed by atoms with Gasteiger partial charge in [-0.1, -0.05) is 18.9 Å². The highest BCUT2D eigenvalue weighted by atomic mass is 32.2. The number of aryl methyl sites for hydroxylation is 2. The Morgan fingerprint density at radius 3 is 2.36 bits per heavy atom. The highest BCUT2D eigenvalue weighted by molar-refractivity contribution is 7.93. The lowest BCUT2D eigenvalue weighted by Crippen LogP contribution is -2.47. The van der Waals surface area contributed by atoms with Gasteiger partial charge in [-0.05, 0) is 62.1 Å². The van der Waals surface area contributed by atoms with Crippen LogP contribution in [0.2, 0.25) is 0 Å². The second-order valence-electron chi connectivity index (χ2n) is 7.06. The van der Waals surface area contributed by atoms with Crippen LogP contribution >= 0.6 is 11.3 Å². The molecule has 1 aliphatic rings. The smallest absolute Gasteiger partial charge is 0.348 e. The molecule has 3 rings (SSSR count). The maximum absolute atomic E-state index is 13.5. The van der Waals surface area contributed by atoms with E-state index in [1.807, 2.05) is 13.8 Å². The molecule has 0 bridgehead atoms. The van der Waals surface area contributed by atoms with Crippen LogP contribution in [0.5, 0.6) is 0 Å². The molecule has 1 fully saturated rings. The molecule has 2 aromatic rings. The van der Waals surface area contributed by atoms with E-state index in [9.17, 15) is 18.0 Å². The number of methoxy groups -OCH3 is 1. The van der Waals surface area contributed by atoms with Crippen molar-refractivity contribution >= 4 is 38.1 Å². The molecule has 0 saturated heterocycles.